The Balaban J connectivity index is 3.39. The lowest BCUT2D eigenvalue weighted by atomic mass is 10.1. The number of rotatable bonds is 1. The first-order chi connectivity index (χ1) is 5.57. The molecule has 2 nitrogen and oxygen atoms in total. The van der Waals surface area contributed by atoms with E-state index in [1.165, 1.54) is 0 Å². The predicted octanol–water partition coefficient (Wildman–Crippen LogP) is 2.55. The van der Waals surface area contributed by atoms with E-state index in [1.54, 1.807) is 13.2 Å². The Kier molecular flexibility index (Phi) is 2.48. The number of benzene rings is 1. The van der Waals surface area contributed by atoms with Crippen molar-refractivity contribution in [2.75, 3.05) is 12.8 Å². The zero-order chi connectivity index (χ0) is 9.30. The normalized spacial score (nSPS) is 10.0. The quantitative estimate of drug-likeness (QED) is 0.683. The molecule has 0 radical (unpaired) electrons. The van der Waals surface area contributed by atoms with Crippen LogP contribution in [0.4, 0.5) is 5.69 Å². The highest BCUT2D eigenvalue weighted by molar-refractivity contribution is 6.31. The topological polar surface area (TPSA) is 35.2 Å². The van der Waals surface area contributed by atoms with Crippen LogP contribution in [-0.4, -0.2) is 7.11 Å². The Bertz CT molecular complexity index is 310. The van der Waals surface area contributed by atoms with Gasteiger partial charge < -0.3 is 10.5 Å². The molecule has 2 N–H and O–H groups in total. The third-order valence-electron chi connectivity index (χ3n) is 2.01. The maximum atomic E-state index is 5.91. The van der Waals surface area contributed by atoms with E-state index in [0.29, 0.717) is 10.7 Å². The standard InChI is InChI=1S/C9H12ClNO/c1-5-7(10)4-8(12-3)6(2)9(5)11/h4H,11H2,1-3H3. The molecule has 1 aromatic rings. The number of anilines is 1. The van der Waals surface area contributed by atoms with Crippen molar-refractivity contribution in [2.24, 2.45) is 0 Å². The van der Waals surface area contributed by atoms with Gasteiger partial charge in [0.25, 0.3) is 0 Å². The van der Waals surface area contributed by atoms with Crippen LogP contribution in [0.25, 0.3) is 0 Å². The molecule has 0 bridgehead atoms. The largest absolute Gasteiger partial charge is 0.496 e. The van der Waals surface area contributed by atoms with E-state index >= 15 is 0 Å². The monoisotopic (exact) mass is 185 g/mol. The summed E-state index contributed by atoms with van der Waals surface area (Å²) in [5.41, 5.74) is 8.36. The number of nitrogen functional groups attached to an aromatic ring is 1. The van der Waals surface area contributed by atoms with Gasteiger partial charge in [0.15, 0.2) is 0 Å². The van der Waals surface area contributed by atoms with Gasteiger partial charge in [0, 0.05) is 16.3 Å². The van der Waals surface area contributed by atoms with E-state index in [1.807, 2.05) is 13.8 Å². The van der Waals surface area contributed by atoms with Gasteiger partial charge in [0.2, 0.25) is 0 Å². The molecule has 12 heavy (non-hydrogen) atoms. The number of hydrogen-bond acceptors (Lipinski definition) is 2. The third kappa shape index (κ3) is 1.34. The van der Waals surface area contributed by atoms with Gasteiger partial charge >= 0.3 is 0 Å². The molecule has 0 aliphatic carbocycles. The molecular weight excluding hydrogens is 174 g/mol. The maximum absolute atomic E-state index is 5.91. The van der Waals surface area contributed by atoms with Gasteiger partial charge in [-0.3, -0.25) is 0 Å². The van der Waals surface area contributed by atoms with Crippen LogP contribution in [0, 0.1) is 13.8 Å². The molecule has 0 atom stereocenters. The van der Waals surface area contributed by atoms with E-state index in [4.69, 9.17) is 22.1 Å². The van der Waals surface area contributed by atoms with Gasteiger partial charge in [0.1, 0.15) is 5.75 Å². The number of hydrogen-bond donors (Lipinski definition) is 1. The lowest BCUT2D eigenvalue weighted by Gasteiger charge is -2.11. The summed E-state index contributed by atoms with van der Waals surface area (Å²) in [6.07, 6.45) is 0. The second kappa shape index (κ2) is 3.23. The van der Waals surface area contributed by atoms with Crippen LogP contribution in [0.5, 0.6) is 5.75 Å². The first-order valence-corrected chi connectivity index (χ1v) is 4.05. The summed E-state index contributed by atoms with van der Waals surface area (Å²) >= 11 is 5.91. The fourth-order valence-corrected chi connectivity index (χ4v) is 1.29. The minimum Gasteiger partial charge on any atom is -0.496 e. The molecular formula is C9H12ClNO. The average Bonchev–Trinajstić information content (AvgIpc) is 2.08. The number of ether oxygens (including phenoxy) is 1. The molecule has 66 valence electrons. The van der Waals surface area contributed by atoms with Crippen LogP contribution in [0.15, 0.2) is 6.07 Å². The van der Waals surface area contributed by atoms with E-state index in [2.05, 4.69) is 0 Å². The molecule has 0 amide bonds. The Morgan fingerprint density at radius 1 is 1.33 bits per heavy atom. The zero-order valence-corrected chi connectivity index (χ0v) is 8.20. The minimum absolute atomic E-state index is 0.648. The summed E-state index contributed by atoms with van der Waals surface area (Å²) in [5, 5.41) is 0.648. The van der Waals surface area contributed by atoms with Crippen molar-refractivity contribution in [3.63, 3.8) is 0 Å². The first-order valence-electron chi connectivity index (χ1n) is 3.67. The molecule has 0 saturated heterocycles. The van der Waals surface area contributed by atoms with Gasteiger partial charge in [-0.2, -0.15) is 0 Å². The predicted molar refractivity (Wildman–Crippen MR) is 51.9 cm³/mol. The Labute approximate surface area is 77.3 Å². The van der Waals surface area contributed by atoms with Gasteiger partial charge in [-0.05, 0) is 25.5 Å². The minimum atomic E-state index is 0.648. The van der Waals surface area contributed by atoms with E-state index < -0.39 is 0 Å². The molecule has 0 aromatic heterocycles. The van der Waals surface area contributed by atoms with E-state index in [0.717, 1.165) is 16.9 Å². The maximum Gasteiger partial charge on any atom is 0.125 e. The second-order valence-corrected chi connectivity index (χ2v) is 3.13. The van der Waals surface area contributed by atoms with Gasteiger partial charge in [-0.1, -0.05) is 11.6 Å². The first kappa shape index (κ1) is 9.20. The van der Waals surface area contributed by atoms with Crippen molar-refractivity contribution in [2.45, 2.75) is 13.8 Å². The molecule has 0 fully saturated rings. The van der Waals surface area contributed by atoms with Crippen molar-refractivity contribution in [1.82, 2.24) is 0 Å². The van der Waals surface area contributed by atoms with Crippen LogP contribution in [0.1, 0.15) is 11.1 Å². The van der Waals surface area contributed by atoms with Crippen LogP contribution < -0.4 is 10.5 Å². The van der Waals surface area contributed by atoms with Gasteiger partial charge in [-0.25, -0.2) is 0 Å². The van der Waals surface area contributed by atoms with Crippen LogP contribution >= 0.6 is 11.6 Å². The summed E-state index contributed by atoms with van der Waals surface area (Å²) in [5.74, 6) is 0.739. The lowest BCUT2D eigenvalue weighted by molar-refractivity contribution is 0.412. The SMILES string of the molecule is COc1cc(Cl)c(C)c(N)c1C. The zero-order valence-electron chi connectivity index (χ0n) is 7.44. The van der Waals surface area contributed by atoms with Crippen molar-refractivity contribution in [3.05, 3.63) is 22.2 Å². The second-order valence-electron chi connectivity index (χ2n) is 2.72. The van der Waals surface area contributed by atoms with Gasteiger partial charge in [-0.15, -0.1) is 0 Å². The number of methoxy groups -OCH3 is 1. The molecule has 0 aliphatic rings. The Morgan fingerprint density at radius 3 is 2.42 bits per heavy atom. The Hall–Kier alpha value is -0.890. The fourth-order valence-electron chi connectivity index (χ4n) is 1.09. The molecule has 1 aromatic carbocycles. The number of nitrogens with two attached hydrogens (primary N) is 1. The van der Waals surface area contributed by atoms with Crippen LogP contribution in [0.2, 0.25) is 5.02 Å². The molecule has 0 unspecified atom stereocenters. The number of halogens is 1. The molecule has 3 heteroatoms. The molecule has 0 aliphatic heterocycles. The molecule has 0 saturated carbocycles. The highest BCUT2D eigenvalue weighted by Crippen LogP contribution is 2.32. The average molecular weight is 186 g/mol. The fraction of sp³-hybridized carbons (Fsp3) is 0.333. The van der Waals surface area contributed by atoms with E-state index in [9.17, 15) is 0 Å². The van der Waals surface area contributed by atoms with Crippen LogP contribution in [-0.2, 0) is 0 Å². The third-order valence-corrected chi connectivity index (χ3v) is 2.41. The summed E-state index contributed by atoms with van der Waals surface area (Å²) in [6.45, 7) is 3.81. The highest BCUT2D eigenvalue weighted by atomic mass is 35.5. The summed E-state index contributed by atoms with van der Waals surface area (Å²) < 4.78 is 5.10. The van der Waals surface area contributed by atoms with Crippen molar-refractivity contribution in [1.29, 1.82) is 0 Å². The smallest absolute Gasteiger partial charge is 0.125 e. The van der Waals surface area contributed by atoms with Gasteiger partial charge in [0.05, 0.1) is 7.11 Å². The van der Waals surface area contributed by atoms with Crippen molar-refractivity contribution >= 4 is 17.3 Å². The molecule has 0 heterocycles. The lowest BCUT2D eigenvalue weighted by Crippen LogP contribution is -1.97. The Morgan fingerprint density at radius 2 is 1.92 bits per heavy atom. The van der Waals surface area contributed by atoms with Crippen molar-refractivity contribution in [3.8, 4) is 5.75 Å². The highest BCUT2D eigenvalue weighted by Gasteiger charge is 2.08. The summed E-state index contributed by atoms with van der Waals surface area (Å²) in [7, 11) is 1.60. The molecule has 0 spiro atoms. The summed E-state index contributed by atoms with van der Waals surface area (Å²) in [6, 6.07) is 1.78. The van der Waals surface area contributed by atoms with E-state index in [-0.39, 0.29) is 0 Å². The summed E-state index contributed by atoms with van der Waals surface area (Å²) in [4.78, 5) is 0. The molecule has 1 rings (SSSR count). The van der Waals surface area contributed by atoms with Crippen LogP contribution in [0.3, 0.4) is 0 Å². The van der Waals surface area contributed by atoms with Crippen molar-refractivity contribution < 1.29 is 4.74 Å².